The minimum Gasteiger partial charge on any atom is -0.477 e. The Bertz CT molecular complexity index is 647. The van der Waals surface area contributed by atoms with Crippen LogP contribution in [0.15, 0.2) is 36.5 Å². The van der Waals surface area contributed by atoms with E-state index in [1.54, 1.807) is 19.2 Å². The molecule has 1 aromatic carbocycles. The average Bonchev–Trinajstić information content (AvgIpc) is 2.73. The van der Waals surface area contributed by atoms with Gasteiger partial charge in [-0.25, -0.2) is 9.18 Å². The molecule has 0 bridgehead atoms. The zero-order chi connectivity index (χ0) is 14.7. The van der Waals surface area contributed by atoms with Gasteiger partial charge in [0.1, 0.15) is 18.1 Å². The molecule has 0 saturated carbocycles. The highest BCUT2D eigenvalue weighted by Crippen LogP contribution is 2.12. The first-order valence-electron chi connectivity index (χ1n) is 5.92. The van der Waals surface area contributed by atoms with Crippen LogP contribution in [0.5, 0.6) is 0 Å². The number of anilines is 1. The number of aryl methyl sites for hydroxylation is 1. The molecule has 0 aliphatic rings. The first kappa shape index (κ1) is 13.8. The van der Waals surface area contributed by atoms with Crippen LogP contribution in [0.3, 0.4) is 0 Å². The van der Waals surface area contributed by atoms with Gasteiger partial charge in [-0.15, -0.1) is 0 Å². The number of carboxylic acids is 1. The highest BCUT2D eigenvalue weighted by Gasteiger charge is 2.15. The molecule has 0 fully saturated rings. The largest absolute Gasteiger partial charge is 0.477 e. The Morgan fingerprint density at radius 2 is 1.90 bits per heavy atom. The molecule has 2 rings (SSSR count). The summed E-state index contributed by atoms with van der Waals surface area (Å²) in [6.45, 7) is 1.55. The van der Waals surface area contributed by atoms with Gasteiger partial charge in [0.2, 0.25) is 5.91 Å². The Balaban J connectivity index is 2.09. The molecule has 5 nitrogen and oxygen atoms in total. The standard InChI is InChI=1S/C14H13FN2O3/c1-9-6-7-17(13(9)14(19)20)8-12(18)16-11-4-2-10(15)3-5-11/h2-7H,8H2,1H3,(H,16,18)(H,19,20). The molecular formula is C14H13FN2O3. The molecule has 1 aromatic heterocycles. The van der Waals surface area contributed by atoms with Gasteiger partial charge in [0.15, 0.2) is 0 Å². The Labute approximate surface area is 114 Å². The Kier molecular flexibility index (Phi) is 3.84. The molecule has 0 saturated heterocycles. The minimum atomic E-state index is -1.08. The van der Waals surface area contributed by atoms with Crippen molar-refractivity contribution in [1.29, 1.82) is 0 Å². The van der Waals surface area contributed by atoms with Crippen LogP contribution in [-0.2, 0) is 11.3 Å². The van der Waals surface area contributed by atoms with Crippen LogP contribution in [0, 0.1) is 12.7 Å². The zero-order valence-corrected chi connectivity index (χ0v) is 10.8. The van der Waals surface area contributed by atoms with Gasteiger partial charge < -0.3 is 15.0 Å². The van der Waals surface area contributed by atoms with E-state index in [0.29, 0.717) is 11.3 Å². The molecule has 0 spiro atoms. The molecule has 0 aliphatic heterocycles. The quantitative estimate of drug-likeness (QED) is 0.899. The van der Waals surface area contributed by atoms with Crippen LogP contribution in [0.1, 0.15) is 16.1 Å². The van der Waals surface area contributed by atoms with Crippen LogP contribution >= 0.6 is 0 Å². The van der Waals surface area contributed by atoms with Crippen molar-refractivity contribution in [3.63, 3.8) is 0 Å². The summed E-state index contributed by atoms with van der Waals surface area (Å²) in [5, 5.41) is 11.6. The number of aromatic nitrogens is 1. The zero-order valence-electron chi connectivity index (χ0n) is 10.8. The summed E-state index contributed by atoms with van der Waals surface area (Å²) in [5.74, 6) is -1.85. The van der Waals surface area contributed by atoms with Gasteiger partial charge in [-0.2, -0.15) is 0 Å². The van der Waals surface area contributed by atoms with Crippen molar-refractivity contribution in [2.45, 2.75) is 13.5 Å². The lowest BCUT2D eigenvalue weighted by atomic mass is 10.3. The van der Waals surface area contributed by atoms with Crippen LogP contribution < -0.4 is 5.32 Å². The lowest BCUT2D eigenvalue weighted by molar-refractivity contribution is -0.116. The van der Waals surface area contributed by atoms with E-state index in [2.05, 4.69) is 5.32 Å². The molecule has 0 unspecified atom stereocenters. The maximum absolute atomic E-state index is 12.7. The van der Waals surface area contributed by atoms with Gasteiger partial charge in [0.05, 0.1) is 0 Å². The van der Waals surface area contributed by atoms with Crippen molar-refractivity contribution >= 4 is 17.6 Å². The van der Waals surface area contributed by atoms with Crippen molar-refractivity contribution < 1.29 is 19.1 Å². The molecule has 2 N–H and O–H groups in total. The summed E-state index contributed by atoms with van der Waals surface area (Å²) in [6, 6.07) is 6.98. The molecule has 2 aromatic rings. The van der Waals surface area contributed by atoms with Crippen LogP contribution in [0.4, 0.5) is 10.1 Å². The van der Waals surface area contributed by atoms with Gasteiger partial charge in [0.25, 0.3) is 0 Å². The fourth-order valence-corrected chi connectivity index (χ4v) is 1.89. The van der Waals surface area contributed by atoms with Gasteiger partial charge in [-0.05, 0) is 42.8 Å². The van der Waals surface area contributed by atoms with E-state index < -0.39 is 11.8 Å². The molecule has 0 aliphatic carbocycles. The summed E-state index contributed by atoms with van der Waals surface area (Å²) in [7, 11) is 0. The number of nitrogens with one attached hydrogen (secondary N) is 1. The summed E-state index contributed by atoms with van der Waals surface area (Å²) >= 11 is 0. The predicted octanol–water partition coefficient (Wildman–Crippen LogP) is 2.27. The number of hydrogen-bond donors (Lipinski definition) is 2. The maximum Gasteiger partial charge on any atom is 0.352 e. The number of benzene rings is 1. The maximum atomic E-state index is 12.7. The second-order valence-electron chi connectivity index (χ2n) is 4.34. The predicted molar refractivity (Wildman–Crippen MR) is 71.2 cm³/mol. The number of carbonyl (C=O) groups excluding carboxylic acids is 1. The monoisotopic (exact) mass is 276 g/mol. The van der Waals surface area contributed by atoms with Gasteiger partial charge in [-0.1, -0.05) is 0 Å². The number of halogens is 1. The highest BCUT2D eigenvalue weighted by atomic mass is 19.1. The summed E-state index contributed by atoms with van der Waals surface area (Å²) in [4.78, 5) is 22.9. The van der Waals surface area contributed by atoms with Gasteiger partial charge in [0, 0.05) is 11.9 Å². The van der Waals surface area contributed by atoms with Gasteiger partial charge in [-0.3, -0.25) is 4.79 Å². The van der Waals surface area contributed by atoms with E-state index in [0.717, 1.165) is 0 Å². The van der Waals surface area contributed by atoms with E-state index in [1.807, 2.05) is 0 Å². The third-order valence-electron chi connectivity index (χ3n) is 2.81. The second-order valence-corrected chi connectivity index (χ2v) is 4.34. The van der Waals surface area contributed by atoms with E-state index in [4.69, 9.17) is 5.11 Å². The third-order valence-corrected chi connectivity index (χ3v) is 2.81. The van der Waals surface area contributed by atoms with Crippen molar-refractivity contribution in [2.75, 3.05) is 5.32 Å². The number of aromatic carboxylic acids is 1. The number of carbonyl (C=O) groups is 2. The van der Waals surface area contributed by atoms with Crippen molar-refractivity contribution in [2.24, 2.45) is 0 Å². The summed E-state index contributed by atoms with van der Waals surface area (Å²) in [6.07, 6.45) is 1.54. The van der Waals surface area contributed by atoms with Crippen LogP contribution in [0.25, 0.3) is 0 Å². The summed E-state index contributed by atoms with van der Waals surface area (Å²) in [5.41, 5.74) is 1.13. The fraction of sp³-hybridized carbons (Fsp3) is 0.143. The van der Waals surface area contributed by atoms with E-state index in [9.17, 15) is 14.0 Å². The smallest absolute Gasteiger partial charge is 0.352 e. The molecule has 104 valence electrons. The van der Waals surface area contributed by atoms with E-state index >= 15 is 0 Å². The molecule has 0 radical (unpaired) electrons. The molecule has 1 heterocycles. The van der Waals surface area contributed by atoms with Crippen LogP contribution in [0.2, 0.25) is 0 Å². The molecule has 0 atom stereocenters. The molecule has 20 heavy (non-hydrogen) atoms. The SMILES string of the molecule is Cc1ccn(CC(=O)Nc2ccc(F)cc2)c1C(=O)O. The van der Waals surface area contributed by atoms with Crippen molar-refractivity contribution in [1.82, 2.24) is 4.57 Å². The number of rotatable bonds is 4. The normalized spacial score (nSPS) is 10.3. The minimum absolute atomic E-state index is 0.0826. The molecule has 6 heteroatoms. The second kappa shape index (κ2) is 5.56. The topological polar surface area (TPSA) is 71.3 Å². The van der Waals surface area contributed by atoms with Crippen molar-refractivity contribution in [3.8, 4) is 0 Å². The number of amides is 1. The Hall–Kier alpha value is -2.63. The average molecular weight is 276 g/mol. The fourth-order valence-electron chi connectivity index (χ4n) is 1.89. The lowest BCUT2D eigenvalue weighted by Crippen LogP contribution is -2.21. The number of carboxylic acid groups (broad SMARTS) is 1. The lowest BCUT2D eigenvalue weighted by Gasteiger charge is -2.08. The Morgan fingerprint density at radius 3 is 2.50 bits per heavy atom. The molecule has 1 amide bonds. The molecular weight excluding hydrogens is 263 g/mol. The van der Waals surface area contributed by atoms with E-state index in [-0.39, 0.29) is 18.1 Å². The van der Waals surface area contributed by atoms with Gasteiger partial charge >= 0.3 is 5.97 Å². The highest BCUT2D eigenvalue weighted by molar-refractivity contribution is 5.92. The first-order chi connectivity index (χ1) is 9.47. The first-order valence-corrected chi connectivity index (χ1v) is 5.92. The third kappa shape index (κ3) is 3.03. The Morgan fingerprint density at radius 1 is 1.25 bits per heavy atom. The number of hydrogen-bond acceptors (Lipinski definition) is 2. The van der Waals surface area contributed by atoms with Crippen molar-refractivity contribution in [3.05, 3.63) is 53.6 Å². The van der Waals surface area contributed by atoms with E-state index in [1.165, 1.54) is 28.8 Å². The number of nitrogens with zero attached hydrogens (tertiary/aromatic N) is 1. The van der Waals surface area contributed by atoms with Crippen LogP contribution in [-0.4, -0.2) is 21.6 Å². The summed E-state index contributed by atoms with van der Waals surface area (Å²) < 4.78 is 14.1.